The zero-order valence-electron chi connectivity index (χ0n) is 23.4. The summed E-state index contributed by atoms with van der Waals surface area (Å²) in [6.07, 6.45) is -0.0760. The van der Waals surface area contributed by atoms with Gasteiger partial charge in [0.05, 0.1) is 24.2 Å². The maximum Gasteiger partial charge on any atom is 0.261 e. The molecule has 0 radical (unpaired) electrons. The van der Waals surface area contributed by atoms with Crippen LogP contribution in [0.3, 0.4) is 0 Å². The summed E-state index contributed by atoms with van der Waals surface area (Å²) < 4.78 is 6.08. The van der Waals surface area contributed by atoms with Crippen LogP contribution in [0.5, 0.6) is 11.5 Å². The molecule has 2 aliphatic heterocycles. The van der Waals surface area contributed by atoms with Crippen molar-refractivity contribution in [1.82, 2.24) is 30.0 Å². The molecule has 0 bridgehead atoms. The van der Waals surface area contributed by atoms with Crippen LogP contribution < -0.4 is 14.5 Å². The highest BCUT2D eigenvalue weighted by Crippen LogP contribution is 2.32. The Hall–Kier alpha value is -6.24. The van der Waals surface area contributed by atoms with E-state index < -0.39 is 12.1 Å². The van der Waals surface area contributed by atoms with Gasteiger partial charge in [0.15, 0.2) is 12.1 Å². The van der Waals surface area contributed by atoms with Crippen molar-refractivity contribution in [3.05, 3.63) is 97.1 Å². The van der Waals surface area contributed by atoms with E-state index in [1.165, 1.54) is 19.4 Å². The van der Waals surface area contributed by atoms with Crippen LogP contribution in [-0.2, 0) is 19.2 Å². The van der Waals surface area contributed by atoms with Crippen LogP contribution in [-0.4, -0.2) is 53.6 Å². The smallest absolute Gasteiger partial charge is 0.261 e. The molecule has 13 nitrogen and oxygen atoms in total. The number of aromatic nitrogens is 6. The summed E-state index contributed by atoms with van der Waals surface area (Å²) in [6, 6.07) is 26.1. The van der Waals surface area contributed by atoms with Crippen LogP contribution in [0.25, 0.3) is 22.1 Å². The molecule has 2 saturated heterocycles. The second kappa shape index (κ2) is 10.2. The van der Waals surface area contributed by atoms with E-state index in [1.807, 2.05) is 12.1 Å². The van der Waals surface area contributed by atoms with Crippen molar-refractivity contribution in [3.8, 4) is 11.5 Å². The summed E-state index contributed by atoms with van der Waals surface area (Å²) >= 11 is 0. The number of nitrogens with zero attached hydrogens (tertiary/aromatic N) is 8. The minimum absolute atomic E-state index is 0.0380. The molecule has 45 heavy (non-hydrogen) atoms. The molecule has 0 aliphatic carbocycles. The number of carbonyl (C=O) groups excluding carboxylic acids is 4. The summed E-state index contributed by atoms with van der Waals surface area (Å²) in [6.45, 7) is 0. The lowest BCUT2D eigenvalue weighted by molar-refractivity contribution is -0.123. The zero-order valence-corrected chi connectivity index (χ0v) is 23.4. The summed E-state index contributed by atoms with van der Waals surface area (Å²) in [7, 11) is 0. The summed E-state index contributed by atoms with van der Waals surface area (Å²) in [5.74, 6) is -0.466. The number of rotatable bonds is 6. The molecule has 2 aliphatic rings. The molecule has 13 heteroatoms. The van der Waals surface area contributed by atoms with Gasteiger partial charge in [-0.15, -0.1) is 0 Å². The van der Waals surface area contributed by atoms with E-state index in [1.54, 1.807) is 84.9 Å². The Balaban J connectivity index is 1.01. The third-order valence-corrected chi connectivity index (χ3v) is 7.80. The highest BCUT2D eigenvalue weighted by molar-refractivity contribution is 6.22. The molecule has 2 unspecified atom stereocenters. The van der Waals surface area contributed by atoms with Gasteiger partial charge in [-0.1, -0.05) is 36.4 Å². The molecule has 2 atom stereocenters. The normalized spacial score (nSPS) is 18.6. The predicted octanol–water partition coefficient (Wildman–Crippen LogP) is 3.98. The van der Waals surface area contributed by atoms with E-state index in [4.69, 9.17) is 4.74 Å². The number of amides is 4. The second-order valence-corrected chi connectivity index (χ2v) is 10.7. The van der Waals surface area contributed by atoms with Crippen LogP contribution >= 0.6 is 0 Å². The highest BCUT2D eigenvalue weighted by Gasteiger charge is 2.43. The number of hydrogen-bond acceptors (Lipinski definition) is 9. The summed E-state index contributed by atoms with van der Waals surface area (Å²) in [5, 5.41) is 17.9. The van der Waals surface area contributed by atoms with Crippen LogP contribution in [0.4, 0.5) is 11.4 Å². The Bertz CT molecular complexity index is 2010. The molecule has 2 aromatic heterocycles. The Morgan fingerprint density at radius 1 is 0.511 bits per heavy atom. The fraction of sp³-hybridized carbons (Fsp3) is 0.125. The van der Waals surface area contributed by atoms with E-state index in [0.717, 1.165) is 0 Å². The largest absolute Gasteiger partial charge is 0.457 e. The SMILES string of the molecule is O=C1CC(n2nc3ccc(Oc4ccc5nn(C6CC(=O)N(c7ccccc7)C6=O)nc5c4)cc3n2)C(=O)N1c1ccccc1. The Morgan fingerprint density at radius 3 is 1.33 bits per heavy atom. The number of fused-ring (bicyclic) bond motifs is 2. The van der Waals surface area contributed by atoms with E-state index in [0.29, 0.717) is 44.9 Å². The van der Waals surface area contributed by atoms with Crippen molar-refractivity contribution in [3.63, 3.8) is 0 Å². The topological polar surface area (TPSA) is 145 Å². The Labute approximate surface area is 254 Å². The highest BCUT2D eigenvalue weighted by atomic mass is 16.5. The number of imide groups is 2. The van der Waals surface area contributed by atoms with Gasteiger partial charge in [0, 0.05) is 12.1 Å². The van der Waals surface area contributed by atoms with Crippen LogP contribution in [0, 0.1) is 0 Å². The van der Waals surface area contributed by atoms with E-state index in [2.05, 4.69) is 20.4 Å². The predicted molar refractivity (Wildman–Crippen MR) is 160 cm³/mol. The fourth-order valence-electron chi connectivity index (χ4n) is 5.65. The van der Waals surface area contributed by atoms with Gasteiger partial charge in [-0.2, -0.15) is 30.0 Å². The average Bonchev–Trinajstić information content (AvgIpc) is 3.80. The van der Waals surface area contributed by atoms with Crippen molar-refractivity contribution >= 4 is 57.1 Å². The van der Waals surface area contributed by atoms with Gasteiger partial charge in [0.25, 0.3) is 11.8 Å². The molecule has 0 spiro atoms. The Kier molecular flexibility index (Phi) is 5.98. The standard InChI is InChI=1S/C32H22N8O5/c41-29-17-27(31(43)37(29)19-7-3-1-4-8-19)39-33-23-13-11-21(15-25(23)35-39)45-22-12-14-24-26(16-22)36-40(34-24)28-18-30(42)38(32(28)44)20-9-5-2-6-10-20/h1-16,27-28H,17-18H2. The lowest BCUT2D eigenvalue weighted by Crippen LogP contribution is -2.31. The first-order valence-electron chi connectivity index (χ1n) is 14.2. The average molecular weight is 599 g/mol. The third kappa shape index (κ3) is 4.49. The number of ether oxygens (including phenoxy) is 1. The number of benzene rings is 4. The van der Waals surface area contributed by atoms with Crippen molar-refractivity contribution in [2.24, 2.45) is 0 Å². The zero-order chi connectivity index (χ0) is 30.7. The van der Waals surface area contributed by atoms with Crippen LogP contribution in [0.15, 0.2) is 97.1 Å². The van der Waals surface area contributed by atoms with Crippen molar-refractivity contribution < 1.29 is 23.9 Å². The monoisotopic (exact) mass is 598 g/mol. The van der Waals surface area contributed by atoms with Crippen molar-refractivity contribution in [2.45, 2.75) is 24.9 Å². The van der Waals surface area contributed by atoms with Gasteiger partial charge in [0.1, 0.15) is 33.6 Å². The van der Waals surface area contributed by atoms with E-state index >= 15 is 0 Å². The first-order valence-corrected chi connectivity index (χ1v) is 14.2. The van der Waals surface area contributed by atoms with Gasteiger partial charge >= 0.3 is 0 Å². The maximum atomic E-state index is 13.1. The second-order valence-electron chi connectivity index (χ2n) is 10.7. The molecule has 0 N–H and O–H groups in total. The quantitative estimate of drug-likeness (QED) is 0.260. The van der Waals surface area contributed by atoms with Crippen molar-refractivity contribution in [2.75, 3.05) is 9.80 Å². The van der Waals surface area contributed by atoms with Crippen LogP contribution in [0.2, 0.25) is 0 Å². The first kappa shape index (κ1) is 26.4. The number of hydrogen-bond donors (Lipinski definition) is 0. The van der Waals surface area contributed by atoms with Gasteiger partial charge < -0.3 is 4.74 Å². The van der Waals surface area contributed by atoms with Crippen LogP contribution in [0.1, 0.15) is 24.9 Å². The maximum absolute atomic E-state index is 13.1. The molecular weight excluding hydrogens is 576 g/mol. The number of anilines is 2. The molecule has 8 rings (SSSR count). The van der Waals surface area contributed by atoms with Crippen molar-refractivity contribution in [1.29, 1.82) is 0 Å². The molecule has 2 fully saturated rings. The molecule has 4 amide bonds. The van der Waals surface area contributed by atoms with E-state index in [-0.39, 0.29) is 36.5 Å². The van der Waals surface area contributed by atoms with Gasteiger partial charge in [-0.25, -0.2) is 9.80 Å². The molecule has 0 saturated carbocycles. The molecule has 6 aromatic rings. The fourth-order valence-corrected chi connectivity index (χ4v) is 5.65. The van der Waals surface area contributed by atoms with Gasteiger partial charge in [-0.05, 0) is 48.5 Å². The molecule has 220 valence electrons. The summed E-state index contributed by atoms with van der Waals surface area (Å²) in [4.78, 5) is 56.6. The van der Waals surface area contributed by atoms with Gasteiger partial charge in [0.2, 0.25) is 11.8 Å². The lowest BCUT2D eigenvalue weighted by atomic mass is 10.2. The minimum atomic E-state index is -0.846. The Morgan fingerprint density at radius 2 is 0.911 bits per heavy atom. The van der Waals surface area contributed by atoms with Gasteiger partial charge in [-0.3, -0.25) is 19.2 Å². The minimum Gasteiger partial charge on any atom is -0.457 e. The molecule has 4 aromatic carbocycles. The lowest BCUT2D eigenvalue weighted by Gasteiger charge is -2.14. The molecule has 4 heterocycles. The summed E-state index contributed by atoms with van der Waals surface area (Å²) in [5.41, 5.74) is 3.09. The first-order chi connectivity index (χ1) is 21.9. The number of carbonyl (C=O) groups is 4. The number of para-hydroxylation sites is 2. The molecular formula is C32H22N8O5. The third-order valence-electron chi connectivity index (χ3n) is 7.80. The van der Waals surface area contributed by atoms with E-state index in [9.17, 15) is 19.2 Å².